The molecule has 0 aliphatic heterocycles. The Hall–Kier alpha value is 0. The van der Waals surface area contributed by atoms with Gasteiger partial charge >= 0.3 is 0 Å². The first-order valence-electron chi connectivity index (χ1n) is 15.8. The van der Waals surface area contributed by atoms with Gasteiger partial charge in [-0.25, -0.2) is 0 Å². The molecule has 0 aromatic rings. The second kappa shape index (κ2) is 29.0. The first-order chi connectivity index (χ1) is 15.8. The maximum Gasteiger partial charge on any atom is -0.0414 e. The lowest BCUT2D eigenvalue weighted by molar-refractivity contribution is 0.404. The molecular weight excluding hydrogens is 384 g/mol. The van der Waals surface area contributed by atoms with Crippen molar-refractivity contribution in [1.82, 2.24) is 0 Å². The van der Waals surface area contributed by atoms with Crippen molar-refractivity contribution in [3.8, 4) is 0 Å². The molecule has 0 saturated heterocycles. The van der Waals surface area contributed by atoms with Crippen molar-refractivity contribution in [3.05, 3.63) is 0 Å². The van der Waals surface area contributed by atoms with Crippen LogP contribution in [0.3, 0.4) is 0 Å². The minimum Gasteiger partial charge on any atom is -0.0654 e. The van der Waals surface area contributed by atoms with Crippen LogP contribution in [0, 0.1) is 5.92 Å². The average molecular weight is 451 g/mol. The van der Waals surface area contributed by atoms with Crippen molar-refractivity contribution in [2.24, 2.45) is 5.92 Å². The quantitative estimate of drug-likeness (QED) is 0.120. The van der Waals surface area contributed by atoms with E-state index in [4.69, 9.17) is 0 Å². The molecule has 0 radical (unpaired) electrons. The molecule has 0 heterocycles. The van der Waals surface area contributed by atoms with Gasteiger partial charge in [0.25, 0.3) is 0 Å². The molecule has 0 spiro atoms. The van der Waals surface area contributed by atoms with Gasteiger partial charge in [0.05, 0.1) is 0 Å². The zero-order chi connectivity index (χ0) is 23.4. The Bertz CT molecular complexity index is 285. The second-order valence-corrected chi connectivity index (χ2v) is 11.0. The monoisotopic (exact) mass is 451 g/mol. The van der Waals surface area contributed by atoms with Crippen LogP contribution in [0.2, 0.25) is 0 Å². The molecule has 0 aromatic carbocycles. The maximum absolute atomic E-state index is 2.30. The Morgan fingerprint density at radius 2 is 0.625 bits per heavy atom. The standard InChI is InChI=1S/C16H32.C16H34/c1-2-3-4-5-6-7-10-13-16-14-11-8-9-12-15-16;1-3-5-7-9-11-13-15-16-14-12-10-8-6-4-2/h16H,2-15H2,1H3;3-16H2,1-2H3. The van der Waals surface area contributed by atoms with Gasteiger partial charge in [-0.05, 0) is 5.92 Å². The summed E-state index contributed by atoms with van der Waals surface area (Å²) in [6, 6.07) is 0. The zero-order valence-corrected chi connectivity index (χ0v) is 23.4. The van der Waals surface area contributed by atoms with Crippen LogP contribution in [-0.2, 0) is 0 Å². The molecule has 0 unspecified atom stereocenters. The molecule has 1 fully saturated rings. The Morgan fingerprint density at radius 3 is 0.938 bits per heavy atom. The molecule has 32 heavy (non-hydrogen) atoms. The van der Waals surface area contributed by atoms with Crippen LogP contribution in [0.4, 0.5) is 0 Å². The number of hydrogen-bond acceptors (Lipinski definition) is 0. The molecule has 1 rings (SSSR count). The number of unbranched alkanes of at least 4 members (excludes halogenated alkanes) is 19. The van der Waals surface area contributed by atoms with E-state index in [9.17, 15) is 0 Å². The van der Waals surface area contributed by atoms with E-state index in [0.717, 1.165) is 5.92 Å². The highest BCUT2D eigenvalue weighted by Crippen LogP contribution is 2.27. The van der Waals surface area contributed by atoms with Crippen molar-refractivity contribution < 1.29 is 0 Å². The fraction of sp³-hybridized carbons (Fsp3) is 1.00. The van der Waals surface area contributed by atoms with E-state index in [1.54, 1.807) is 0 Å². The predicted octanol–water partition coefficient (Wildman–Crippen LogP) is 12.6. The summed E-state index contributed by atoms with van der Waals surface area (Å²) in [7, 11) is 0. The third-order valence-corrected chi connectivity index (χ3v) is 7.65. The SMILES string of the molecule is CCCCCCCCCC1CCCCCC1.CCCCCCCCCCCCCCCC. The van der Waals surface area contributed by atoms with Crippen LogP contribution in [0.25, 0.3) is 0 Å². The third kappa shape index (κ3) is 26.3. The molecule has 0 amide bonds. The smallest absolute Gasteiger partial charge is 0.0414 e. The van der Waals surface area contributed by atoms with E-state index >= 15 is 0 Å². The van der Waals surface area contributed by atoms with E-state index in [1.165, 1.54) is 180 Å². The summed E-state index contributed by atoms with van der Waals surface area (Å²) < 4.78 is 0. The van der Waals surface area contributed by atoms with Gasteiger partial charge in [-0.2, -0.15) is 0 Å². The molecule has 0 aromatic heterocycles. The van der Waals surface area contributed by atoms with Crippen molar-refractivity contribution in [3.63, 3.8) is 0 Å². The van der Waals surface area contributed by atoms with E-state index in [2.05, 4.69) is 20.8 Å². The van der Waals surface area contributed by atoms with Gasteiger partial charge < -0.3 is 0 Å². The van der Waals surface area contributed by atoms with Gasteiger partial charge in [0.2, 0.25) is 0 Å². The minimum atomic E-state index is 1.10. The molecule has 1 aliphatic carbocycles. The number of rotatable bonds is 21. The fourth-order valence-electron chi connectivity index (χ4n) is 5.31. The van der Waals surface area contributed by atoms with Crippen LogP contribution < -0.4 is 0 Å². The van der Waals surface area contributed by atoms with Crippen molar-refractivity contribution >= 4 is 0 Å². The van der Waals surface area contributed by atoms with Crippen molar-refractivity contribution in [1.29, 1.82) is 0 Å². The highest BCUT2D eigenvalue weighted by Gasteiger charge is 2.11. The average Bonchev–Trinajstić information content (AvgIpc) is 3.09. The van der Waals surface area contributed by atoms with Gasteiger partial charge in [-0.1, -0.05) is 201 Å². The highest BCUT2D eigenvalue weighted by atomic mass is 14.2. The summed E-state index contributed by atoms with van der Waals surface area (Å²) in [5, 5.41) is 0. The number of hydrogen-bond donors (Lipinski definition) is 0. The van der Waals surface area contributed by atoms with Gasteiger partial charge in [-0.3, -0.25) is 0 Å². The van der Waals surface area contributed by atoms with Gasteiger partial charge in [0.1, 0.15) is 0 Å². The Labute approximate surface area is 206 Å². The molecule has 1 saturated carbocycles. The van der Waals surface area contributed by atoms with Crippen molar-refractivity contribution in [2.75, 3.05) is 0 Å². The predicted molar refractivity (Wildman–Crippen MR) is 150 cm³/mol. The highest BCUT2D eigenvalue weighted by molar-refractivity contribution is 4.64. The van der Waals surface area contributed by atoms with Crippen LogP contribution in [0.5, 0.6) is 0 Å². The summed E-state index contributed by atoms with van der Waals surface area (Å²) in [5.41, 5.74) is 0. The van der Waals surface area contributed by atoms with Crippen LogP contribution in [-0.4, -0.2) is 0 Å². The largest absolute Gasteiger partial charge is 0.0654 e. The fourth-order valence-corrected chi connectivity index (χ4v) is 5.31. The first-order valence-corrected chi connectivity index (χ1v) is 15.8. The van der Waals surface area contributed by atoms with E-state index in [0.29, 0.717) is 0 Å². The van der Waals surface area contributed by atoms with Crippen LogP contribution in [0.1, 0.15) is 201 Å². The van der Waals surface area contributed by atoms with Crippen molar-refractivity contribution in [2.45, 2.75) is 201 Å². The lowest BCUT2D eigenvalue weighted by atomic mass is 9.93. The van der Waals surface area contributed by atoms with E-state index in [1.807, 2.05) is 0 Å². The molecule has 0 bridgehead atoms. The summed E-state index contributed by atoms with van der Waals surface area (Å²) in [6.45, 7) is 6.88. The summed E-state index contributed by atoms with van der Waals surface area (Å²) in [6.07, 6.45) is 41.4. The lowest BCUT2D eigenvalue weighted by Gasteiger charge is -2.13. The molecule has 194 valence electrons. The third-order valence-electron chi connectivity index (χ3n) is 7.65. The zero-order valence-electron chi connectivity index (χ0n) is 23.4. The normalized spacial score (nSPS) is 14.7. The van der Waals surface area contributed by atoms with E-state index in [-0.39, 0.29) is 0 Å². The van der Waals surface area contributed by atoms with Gasteiger partial charge in [0, 0.05) is 0 Å². The summed E-state index contributed by atoms with van der Waals surface area (Å²) in [4.78, 5) is 0. The Morgan fingerprint density at radius 1 is 0.344 bits per heavy atom. The molecule has 1 aliphatic rings. The van der Waals surface area contributed by atoms with E-state index < -0.39 is 0 Å². The minimum absolute atomic E-state index is 1.10. The maximum atomic E-state index is 2.30. The summed E-state index contributed by atoms with van der Waals surface area (Å²) >= 11 is 0. The topological polar surface area (TPSA) is 0 Å². The molecule has 0 nitrogen and oxygen atoms in total. The second-order valence-electron chi connectivity index (χ2n) is 11.0. The van der Waals surface area contributed by atoms with Gasteiger partial charge in [-0.15, -0.1) is 0 Å². The molecular formula is C32H66. The molecule has 0 N–H and O–H groups in total. The Kier molecular flexibility index (Phi) is 29.0. The molecule has 0 atom stereocenters. The van der Waals surface area contributed by atoms with Gasteiger partial charge in [0.15, 0.2) is 0 Å². The van der Waals surface area contributed by atoms with Crippen LogP contribution in [0.15, 0.2) is 0 Å². The Balaban J connectivity index is 0.000000601. The first kappa shape index (κ1) is 32.0. The lowest BCUT2D eigenvalue weighted by Crippen LogP contribution is -1.98. The molecule has 0 heteroatoms. The van der Waals surface area contributed by atoms with Crippen LogP contribution >= 0.6 is 0 Å². The summed E-state index contributed by atoms with van der Waals surface area (Å²) in [5.74, 6) is 1.10.